The van der Waals surface area contributed by atoms with Crippen LogP contribution in [0.4, 0.5) is 0 Å². The molecule has 114 valence electrons. The van der Waals surface area contributed by atoms with Crippen molar-refractivity contribution in [3.05, 3.63) is 21.4 Å². The van der Waals surface area contributed by atoms with Gasteiger partial charge in [0.2, 0.25) is 5.91 Å². The summed E-state index contributed by atoms with van der Waals surface area (Å²) in [6.45, 7) is 1.44. The van der Waals surface area contributed by atoms with Crippen molar-refractivity contribution in [3.8, 4) is 0 Å². The Hall–Kier alpha value is -1.40. The first kappa shape index (κ1) is 14.5. The molecule has 0 saturated carbocycles. The highest BCUT2D eigenvalue weighted by molar-refractivity contribution is 7.10. The SMILES string of the molecule is NC(=O)CC1COCCN1C(=O)c1csc2c1CCCC2. The molecule has 1 aromatic rings. The van der Waals surface area contributed by atoms with E-state index in [1.807, 2.05) is 5.38 Å². The lowest BCUT2D eigenvalue weighted by Gasteiger charge is -2.35. The molecular weight excluding hydrogens is 288 g/mol. The van der Waals surface area contributed by atoms with Crippen molar-refractivity contribution in [1.82, 2.24) is 4.90 Å². The summed E-state index contributed by atoms with van der Waals surface area (Å²) in [6, 6.07) is -0.233. The zero-order valence-electron chi connectivity index (χ0n) is 12.0. The number of aryl methyl sites for hydroxylation is 1. The number of fused-ring (bicyclic) bond motifs is 1. The van der Waals surface area contributed by atoms with Crippen molar-refractivity contribution in [2.45, 2.75) is 38.1 Å². The summed E-state index contributed by atoms with van der Waals surface area (Å²) in [5.41, 5.74) is 7.33. The molecule has 3 rings (SSSR count). The van der Waals surface area contributed by atoms with Crippen LogP contribution in [0.5, 0.6) is 0 Å². The van der Waals surface area contributed by atoms with Crippen molar-refractivity contribution in [2.75, 3.05) is 19.8 Å². The van der Waals surface area contributed by atoms with Crippen LogP contribution in [-0.2, 0) is 22.4 Å². The molecule has 1 atom stereocenters. The van der Waals surface area contributed by atoms with Crippen LogP contribution in [0.1, 0.15) is 40.1 Å². The first-order chi connectivity index (χ1) is 10.2. The lowest BCUT2D eigenvalue weighted by molar-refractivity contribution is -0.120. The van der Waals surface area contributed by atoms with Gasteiger partial charge in [0.1, 0.15) is 0 Å². The zero-order chi connectivity index (χ0) is 14.8. The molecule has 2 amide bonds. The van der Waals surface area contributed by atoms with E-state index < -0.39 is 5.91 Å². The molecule has 5 nitrogen and oxygen atoms in total. The molecule has 1 fully saturated rings. The van der Waals surface area contributed by atoms with Gasteiger partial charge in [-0.2, -0.15) is 0 Å². The topological polar surface area (TPSA) is 72.6 Å². The number of ether oxygens (including phenoxy) is 1. The molecule has 0 bridgehead atoms. The Bertz CT molecular complexity index is 555. The van der Waals surface area contributed by atoms with Gasteiger partial charge in [-0.3, -0.25) is 9.59 Å². The van der Waals surface area contributed by atoms with Gasteiger partial charge in [0.25, 0.3) is 5.91 Å². The maximum Gasteiger partial charge on any atom is 0.255 e. The summed E-state index contributed by atoms with van der Waals surface area (Å²) in [5, 5.41) is 1.98. The molecular formula is C15H20N2O3S. The van der Waals surface area contributed by atoms with Gasteiger partial charge < -0.3 is 15.4 Å². The van der Waals surface area contributed by atoms with Gasteiger partial charge in [0, 0.05) is 23.2 Å². The average molecular weight is 308 g/mol. The molecule has 1 aromatic heterocycles. The van der Waals surface area contributed by atoms with E-state index in [0.29, 0.717) is 19.8 Å². The monoisotopic (exact) mass is 308 g/mol. The number of hydrogen-bond donors (Lipinski definition) is 1. The Morgan fingerprint density at radius 1 is 1.38 bits per heavy atom. The van der Waals surface area contributed by atoms with E-state index in [9.17, 15) is 9.59 Å². The first-order valence-corrected chi connectivity index (χ1v) is 8.31. The highest BCUT2D eigenvalue weighted by Crippen LogP contribution is 2.31. The second kappa shape index (κ2) is 6.15. The molecule has 6 heteroatoms. The highest BCUT2D eigenvalue weighted by Gasteiger charge is 2.31. The Labute approximate surface area is 128 Å². The minimum absolute atomic E-state index is 0.0314. The van der Waals surface area contributed by atoms with Crippen LogP contribution in [0.25, 0.3) is 0 Å². The van der Waals surface area contributed by atoms with E-state index in [4.69, 9.17) is 10.5 Å². The lowest BCUT2D eigenvalue weighted by atomic mass is 9.95. The Morgan fingerprint density at radius 2 is 2.19 bits per heavy atom. The quantitative estimate of drug-likeness (QED) is 0.916. The normalized spacial score (nSPS) is 21.9. The molecule has 0 spiro atoms. The van der Waals surface area contributed by atoms with Gasteiger partial charge in [-0.25, -0.2) is 0 Å². The van der Waals surface area contributed by atoms with Crippen molar-refractivity contribution in [3.63, 3.8) is 0 Å². The molecule has 1 unspecified atom stereocenters. The fraction of sp³-hybridized carbons (Fsp3) is 0.600. The second-order valence-electron chi connectivity index (χ2n) is 5.66. The molecule has 1 aliphatic carbocycles. The summed E-state index contributed by atoms with van der Waals surface area (Å²) in [7, 11) is 0. The minimum Gasteiger partial charge on any atom is -0.377 e. The predicted octanol–water partition coefficient (Wildman–Crippen LogP) is 1.34. The third-order valence-electron chi connectivity index (χ3n) is 4.22. The van der Waals surface area contributed by atoms with Gasteiger partial charge in [-0.05, 0) is 31.2 Å². The Kier molecular flexibility index (Phi) is 4.26. The van der Waals surface area contributed by atoms with Crippen LogP contribution in [-0.4, -0.2) is 42.5 Å². The van der Waals surface area contributed by atoms with Crippen molar-refractivity contribution >= 4 is 23.2 Å². The molecule has 0 aromatic carbocycles. The molecule has 1 aliphatic heterocycles. The number of thiophene rings is 1. The highest BCUT2D eigenvalue weighted by atomic mass is 32.1. The van der Waals surface area contributed by atoms with Gasteiger partial charge >= 0.3 is 0 Å². The number of nitrogens with zero attached hydrogens (tertiary/aromatic N) is 1. The van der Waals surface area contributed by atoms with Gasteiger partial charge in [0.15, 0.2) is 0 Å². The van der Waals surface area contributed by atoms with Crippen molar-refractivity contribution in [1.29, 1.82) is 0 Å². The smallest absolute Gasteiger partial charge is 0.255 e. The van der Waals surface area contributed by atoms with E-state index in [2.05, 4.69) is 0 Å². The minimum atomic E-state index is -0.393. The third-order valence-corrected chi connectivity index (χ3v) is 5.31. The molecule has 2 aliphatic rings. The van der Waals surface area contributed by atoms with Crippen LogP contribution in [0.15, 0.2) is 5.38 Å². The zero-order valence-corrected chi connectivity index (χ0v) is 12.8. The van der Waals surface area contributed by atoms with E-state index >= 15 is 0 Å². The molecule has 2 heterocycles. The van der Waals surface area contributed by atoms with Gasteiger partial charge in [-0.15, -0.1) is 11.3 Å². The van der Waals surface area contributed by atoms with E-state index in [1.54, 1.807) is 16.2 Å². The first-order valence-electron chi connectivity index (χ1n) is 7.43. The number of amides is 2. The van der Waals surface area contributed by atoms with Crippen LogP contribution in [0, 0.1) is 0 Å². The number of morpholine rings is 1. The summed E-state index contributed by atoms with van der Waals surface area (Å²) < 4.78 is 5.39. The van der Waals surface area contributed by atoms with E-state index in [-0.39, 0.29) is 18.4 Å². The van der Waals surface area contributed by atoms with Crippen LogP contribution >= 0.6 is 11.3 Å². The lowest BCUT2D eigenvalue weighted by Crippen LogP contribution is -2.50. The summed E-state index contributed by atoms with van der Waals surface area (Å²) >= 11 is 1.69. The number of nitrogens with two attached hydrogens (primary N) is 1. The Balaban J connectivity index is 1.82. The van der Waals surface area contributed by atoms with Crippen LogP contribution in [0.3, 0.4) is 0 Å². The summed E-state index contributed by atoms with van der Waals surface area (Å²) in [4.78, 5) is 27.2. The predicted molar refractivity (Wildman–Crippen MR) is 80.4 cm³/mol. The average Bonchev–Trinajstić information content (AvgIpc) is 2.90. The number of hydrogen-bond acceptors (Lipinski definition) is 4. The maximum atomic E-state index is 12.8. The summed E-state index contributed by atoms with van der Waals surface area (Å²) in [5.74, 6) is -0.361. The van der Waals surface area contributed by atoms with E-state index in [1.165, 1.54) is 16.9 Å². The fourth-order valence-electron chi connectivity index (χ4n) is 3.15. The number of rotatable bonds is 3. The second-order valence-corrected chi connectivity index (χ2v) is 6.62. The molecule has 2 N–H and O–H groups in total. The van der Waals surface area contributed by atoms with Crippen LogP contribution < -0.4 is 5.73 Å². The summed E-state index contributed by atoms with van der Waals surface area (Å²) in [6.07, 6.45) is 4.60. The number of carbonyl (C=O) groups is 2. The standard InChI is InChI=1S/C15H20N2O3S/c16-14(18)7-10-8-20-6-5-17(10)15(19)12-9-21-13-4-2-1-3-11(12)13/h9-10H,1-8H2,(H2,16,18). The van der Waals surface area contributed by atoms with Gasteiger partial charge in [-0.1, -0.05) is 0 Å². The van der Waals surface area contributed by atoms with Crippen LogP contribution in [0.2, 0.25) is 0 Å². The van der Waals surface area contributed by atoms with Crippen molar-refractivity contribution in [2.24, 2.45) is 5.73 Å². The van der Waals surface area contributed by atoms with Crippen molar-refractivity contribution < 1.29 is 14.3 Å². The molecule has 0 radical (unpaired) electrons. The maximum absolute atomic E-state index is 12.8. The number of carbonyl (C=O) groups excluding carboxylic acids is 2. The Morgan fingerprint density at radius 3 is 3.00 bits per heavy atom. The molecule has 1 saturated heterocycles. The fourth-order valence-corrected chi connectivity index (χ4v) is 4.27. The number of primary amides is 1. The third kappa shape index (κ3) is 2.96. The van der Waals surface area contributed by atoms with Gasteiger partial charge in [0.05, 0.1) is 24.8 Å². The largest absolute Gasteiger partial charge is 0.377 e. The van der Waals surface area contributed by atoms with E-state index in [0.717, 1.165) is 24.8 Å². The molecule has 21 heavy (non-hydrogen) atoms.